The summed E-state index contributed by atoms with van der Waals surface area (Å²) in [4.78, 5) is 10.7. The highest BCUT2D eigenvalue weighted by Gasteiger charge is 2.37. The lowest BCUT2D eigenvalue weighted by molar-refractivity contribution is -0.0390. The van der Waals surface area contributed by atoms with Crippen LogP contribution in [0.1, 0.15) is 58.3 Å². The first-order chi connectivity index (χ1) is 14.8. The summed E-state index contributed by atoms with van der Waals surface area (Å²) in [7, 11) is -0.624. The van der Waals surface area contributed by atoms with Crippen LogP contribution in [0.5, 0.6) is 0 Å². The standard InChI is InChI=1S/C27H41FO3Si/c1-26(2,3)25(31-18-17-30-6)23-19-20(15-16-27(4,5)32(7,8)29)13-14-21(23)22-11-9-10-12-24(22)28/h9-14,19,25,29H,15-18H2,1-8H3/t25-/m1/s1. The van der Waals surface area contributed by atoms with E-state index in [-0.39, 0.29) is 22.4 Å². The Morgan fingerprint density at radius 1 is 0.969 bits per heavy atom. The third-order valence-corrected chi connectivity index (χ3v) is 10.2. The van der Waals surface area contributed by atoms with Crippen LogP contribution in [-0.4, -0.2) is 33.4 Å². The lowest BCUT2D eigenvalue weighted by Gasteiger charge is -2.35. The molecule has 1 atom stereocenters. The Bertz CT molecular complexity index is 881. The molecule has 2 rings (SSSR count). The quantitative estimate of drug-likeness (QED) is 0.302. The second kappa shape index (κ2) is 10.6. The van der Waals surface area contributed by atoms with Gasteiger partial charge in [-0.25, -0.2) is 4.39 Å². The Morgan fingerprint density at radius 2 is 1.62 bits per heavy atom. The van der Waals surface area contributed by atoms with Crippen molar-refractivity contribution >= 4 is 8.32 Å². The Balaban J connectivity index is 2.52. The zero-order chi connectivity index (χ0) is 24.2. The first kappa shape index (κ1) is 26.7. The molecular formula is C27H41FO3Si. The number of benzene rings is 2. The molecule has 0 radical (unpaired) electrons. The topological polar surface area (TPSA) is 38.7 Å². The predicted octanol–water partition coefficient (Wildman–Crippen LogP) is 7.15. The lowest BCUT2D eigenvalue weighted by Crippen LogP contribution is -2.39. The van der Waals surface area contributed by atoms with Crippen LogP contribution in [0.15, 0.2) is 42.5 Å². The number of rotatable bonds is 10. The summed E-state index contributed by atoms with van der Waals surface area (Å²) in [6.07, 6.45) is 1.53. The van der Waals surface area contributed by atoms with E-state index in [0.29, 0.717) is 18.8 Å². The average molecular weight is 461 g/mol. The van der Waals surface area contributed by atoms with Crippen LogP contribution >= 0.6 is 0 Å². The van der Waals surface area contributed by atoms with Crippen LogP contribution in [0.4, 0.5) is 4.39 Å². The molecule has 0 aliphatic carbocycles. The molecule has 0 fully saturated rings. The van der Waals surface area contributed by atoms with Gasteiger partial charge in [0.1, 0.15) is 5.82 Å². The van der Waals surface area contributed by atoms with Gasteiger partial charge in [0.15, 0.2) is 8.32 Å². The van der Waals surface area contributed by atoms with Gasteiger partial charge in [0.25, 0.3) is 0 Å². The average Bonchev–Trinajstić information content (AvgIpc) is 2.68. The van der Waals surface area contributed by atoms with Crippen molar-refractivity contribution in [2.45, 2.75) is 71.7 Å². The number of hydrogen-bond donors (Lipinski definition) is 1. The molecule has 1 N–H and O–H groups in total. The van der Waals surface area contributed by atoms with Crippen molar-refractivity contribution in [3.8, 4) is 11.1 Å². The Labute approximate surface area is 195 Å². The minimum atomic E-state index is -2.29. The van der Waals surface area contributed by atoms with Gasteiger partial charge in [0.2, 0.25) is 0 Å². The fraction of sp³-hybridized carbons (Fsp3) is 0.556. The Hall–Kier alpha value is -1.53. The number of hydrogen-bond acceptors (Lipinski definition) is 3. The largest absolute Gasteiger partial charge is 0.432 e. The van der Waals surface area contributed by atoms with E-state index in [0.717, 1.165) is 24.0 Å². The molecule has 0 aliphatic heterocycles. The van der Waals surface area contributed by atoms with Crippen molar-refractivity contribution in [1.82, 2.24) is 0 Å². The van der Waals surface area contributed by atoms with Gasteiger partial charge < -0.3 is 14.3 Å². The van der Waals surface area contributed by atoms with Gasteiger partial charge in [-0.1, -0.05) is 71.0 Å². The van der Waals surface area contributed by atoms with Crippen LogP contribution < -0.4 is 0 Å². The van der Waals surface area contributed by atoms with Gasteiger partial charge in [-0.05, 0) is 59.1 Å². The van der Waals surface area contributed by atoms with Crippen molar-refractivity contribution in [2.24, 2.45) is 5.41 Å². The highest BCUT2D eigenvalue weighted by Crippen LogP contribution is 2.43. The van der Waals surface area contributed by atoms with Gasteiger partial charge in [0, 0.05) is 12.7 Å². The van der Waals surface area contributed by atoms with Crippen LogP contribution in [0.25, 0.3) is 11.1 Å². The zero-order valence-electron chi connectivity index (χ0n) is 21.1. The third-order valence-electron chi connectivity index (χ3n) is 6.62. The fourth-order valence-corrected chi connectivity index (χ4v) is 4.46. The number of aryl methyl sites for hydroxylation is 1. The van der Waals surface area contributed by atoms with Crippen molar-refractivity contribution in [3.63, 3.8) is 0 Å². The highest BCUT2D eigenvalue weighted by molar-refractivity contribution is 6.72. The predicted molar refractivity (Wildman–Crippen MR) is 134 cm³/mol. The number of halogens is 1. The van der Waals surface area contributed by atoms with Gasteiger partial charge in [-0.2, -0.15) is 0 Å². The van der Waals surface area contributed by atoms with Crippen LogP contribution in [0.2, 0.25) is 18.1 Å². The van der Waals surface area contributed by atoms with E-state index in [1.54, 1.807) is 13.2 Å². The maximum absolute atomic E-state index is 14.8. The zero-order valence-corrected chi connectivity index (χ0v) is 22.1. The molecule has 0 saturated carbocycles. The smallest absolute Gasteiger partial charge is 0.188 e. The molecule has 0 aromatic heterocycles. The molecule has 2 aromatic rings. The fourth-order valence-electron chi connectivity index (χ4n) is 3.73. The summed E-state index contributed by atoms with van der Waals surface area (Å²) < 4.78 is 26.3. The van der Waals surface area contributed by atoms with Crippen LogP contribution in [-0.2, 0) is 15.9 Å². The van der Waals surface area contributed by atoms with Crippen LogP contribution in [0.3, 0.4) is 0 Å². The summed E-state index contributed by atoms with van der Waals surface area (Å²) in [5.74, 6) is -0.236. The summed E-state index contributed by atoms with van der Waals surface area (Å²) >= 11 is 0. The number of ether oxygens (including phenoxy) is 2. The molecule has 3 nitrogen and oxygen atoms in total. The summed E-state index contributed by atoms with van der Waals surface area (Å²) in [5, 5.41) is -0.101. The SMILES string of the molecule is COCCO[C@H](c1cc(CCC(C)(C)[Si](C)(C)O)ccc1-c1ccccc1F)C(C)(C)C. The van der Waals surface area contributed by atoms with Crippen molar-refractivity contribution in [1.29, 1.82) is 0 Å². The van der Waals surface area contributed by atoms with Gasteiger partial charge >= 0.3 is 0 Å². The van der Waals surface area contributed by atoms with E-state index in [1.807, 2.05) is 31.3 Å². The summed E-state index contributed by atoms with van der Waals surface area (Å²) in [5.41, 5.74) is 3.43. The molecule has 0 heterocycles. The molecule has 0 amide bonds. The van der Waals surface area contributed by atoms with Crippen LogP contribution in [0, 0.1) is 11.2 Å². The van der Waals surface area contributed by atoms with Gasteiger partial charge in [-0.3, -0.25) is 0 Å². The molecule has 178 valence electrons. The van der Waals surface area contributed by atoms with Crippen molar-refractivity contribution in [2.75, 3.05) is 20.3 Å². The maximum Gasteiger partial charge on any atom is 0.188 e. The maximum atomic E-state index is 14.8. The Kier molecular flexibility index (Phi) is 8.85. The monoisotopic (exact) mass is 460 g/mol. The molecule has 0 aliphatic rings. The molecular weight excluding hydrogens is 419 g/mol. The van der Waals surface area contributed by atoms with E-state index in [2.05, 4.69) is 46.8 Å². The molecule has 0 unspecified atom stereocenters. The van der Waals surface area contributed by atoms with Gasteiger partial charge in [0.05, 0.1) is 19.3 Å². The minimum absolute atomic E-state index is 0.101. The molecule has 2 aromatic carbocycles. The molecule has 0 saturated heterocycles. The van der Waals surface area contributed by atoms with Crippen molar-refractivity contribution in [3.05, 3.63) is 59.4 Å². The van der Waals surface area contributed by atoms with Crippen molar-refractivity contribution < 1.29 is 18.7 Å². The van der Waals surface area contributed by atoms with E-state index < -0.39 is 8.32 Å². The second-order valence-corrected chi connectivity index (χ2v) is 15.4. The first-order valence-electron chi connectivity index (χ1n) is 11.5. The Morgan fingerprint density at radius 3 is 2.19 bits per heavy atom. The van der Waals surface area contributed by atoms with Gasteiger partial charge in [-0.15, -0.1) is 0 Å². The minimum Gasteiger partial charge on any atom is -0.432 e. The summed E-state index contributed by atoms with van der Waals surface area (Å²) in [6.45, 7) is 15.7. The van der Waals surface area contributed by atoms with E-state index in [1.165, 1.54) is 11.6 Å². The lowest BCUT2D eigenvalue weighted by atomic mass is 9.80. The molecule has 0 spiro atoms. The van der Waals surface area contributed by atoms with E-state index in [9.17, 15) is 9.19 Å². The first-order valence-corrected chi connectivity index (χ1v) is 14.4. The molecule has 5 heteroatoms. The summed E-state index contributed by atoms with van der Waals surface area (Å²) in [6, 6.07) is 13.2. The normalized spacial score (nSPS) is 13.9. The second-order valence-electron chi connectivity index (χ2n) is 11.0. The molecule has 0 bridgehead atoms. The molecule has 32 heavy (non-hydrogen) atoms. The van der Waals surface area contributed by atoms with E-state index in [4.69, 9.17) is 9.47 Å². The highest BCUT2D eigenvalue weighted by atomic mass is 28.4. The number of methoxy groups -OCH3 is 1. The van der Waals surface area contributed by atoms with E-state index >= 15 is 0 Å². The third kappa shape index (κ3) is 6.74.